The number of fused-ring (bicyclic) bond motifs is 2. The number of hydrogen-bond donors (Lipinski definition) is 1. The molecule has 3 heterocycles. The molecular weight excluding hydrogens is 518 g/mol. The number of anilines is 1. The smallest absolute Gasteiger partial charge is 0.296 e. The Hall–Kier alpha value is -4.08. The van der Waals surface area contributed by atoms with E-state index in [1.807, 2.05) is 74.5 Å². The highest BCUT2D eigenvalue weighted by atomic mass is 32.1. The number of amides is 1. The van der Waals surface area contributed by atoms with Crippen LogP contribution in [0.3, 0.4) is 0 Å². The molecule has 9 heteroatoms. The lowest BCUT2D eigenvalue weighted by atomic mass is 9.91. The lowest BCUT2D eigenvalue weighted by molar-refractivity contribution is -0.117. The van der Waals surface area contributed by atoms with E-state index in [1.165, 1.54) is 27.6 Å². The summed E-state index contributed by atoms with van der Waals surface area (Å²) in [5.41, 5.74) is 2.04. The number of aliphatic hydroxyl groups is 1. The molecule has 1 aliphatic heterocycles. The van der Waals surface area contributed by atoms with E-state index in [9.17, 15) is 14.7 Å². The normalized spacial score (nSPS) is 15.7. The fourth-order valence-electron chi connectivity index (χ4n) is 4.93. The van der Waals surface area contributed by atoms with Crippen LogP contribution in [0, 0.1) is 13.8 Å². The first-order valence-corrected chi connectivity index (χ1v) is 13.8. The van der Waals surface area contributed by atoms with Crippen LogP contribution in [-0.2, 0) is 4.79 Å². The number of ketones is 1. The molecule has 0 bridgehead atoms. The molecule has 2 aromatic heterocycles. The van der Waals surface area contributed by atoms with Crippen LogP contribution in [0.5, 0.6) is 5.75 Å². The molecule has 190 valence electrons. The molecule has 1 atom stereocenters. The van der Waals surface area contributed by atoms with E-state index < -0.39 is 23.5 Å². The zero-order chi connectivity index (χ0) is 26.6. The maximum atomic E-state index is 14.0. The Morgan fingerprint density at radius 1 is 1.05 bits per heavy atom. The van der Waals surface area contributed by atoms with E-state index in [-0.39, 0.29) is 5.57 Å². The number of ether oxygens (including phenoxy) is 1. The van der Waals surface area contributed by atoms with Crippen LogP contribution < -0.4 is 9.64 Å². The molecule has 0 fully saturated rings. The number of hydrogen-bond acceptors (Lipinski definition) is 8. The van der Waals surface area contributed by atoms with Gasteiger partial charge < -0.3 is 9.84 Å². The van der Waals surface area contributed by atoms with Gasteiger partial charge in [-0.3, -0.25) is 14.5 Å². The van der Waals surface area contributed by atoms with Gasteiger partial charge in [0, 0.05) is 0 Å². The summed E-state index contributed by atoms with van der Waals surface area (Å²) >= 11 is 2.57. The molecule has 0 spiro atoms. The zero-order valence-corrected chi connectivity index (χ0v) is 22.5. The van der Waals surface area contributed by atoms with Crippen molar-refractivity contribution < 1.29 is 19.4 Å². The Kier molecular flexibility index (Phi) is 5.97. The molecular formula is C29H23N3O4S2. The Morgan fingerprint density at radius 2 is 1.84 bits per heavy atom. The van der Waals surface area contributed by atoms with Gasteiger partial charge in [0.15, 0.2) is 10.9 Å². The number of aliphatic hydroxyl groups excluding tert-OH is 1. The predicted octanol–water partition coefficient (Wildman–Crippen LogP) is 6.70. The van der Waals surface area contributed by atoms with Crippen LogP contribution in [0.4, 0.5) is 5.13 Å². The maximum absolute atomic E-state index is 14.0. The lowest BCUT2D eigenvalue weighted by Gasteiger charge is -2.25. The number of Topliss-reactive ketones (excluding diaryl/α,β-unsaturated/α-hetero) is 1. The minimum atomic E-state index is -0.866. The Labute approximate surface area is 226 Å². The molecule has 0 saturated carbocycles. The Morgan fingerprint density at radius 3 is 2.61 bits per heavy atom. The van der Waals surface area contributed by atoms with E-state index >= 15 is 0 Å². The summed E-state index contributed by atoms with van der Waals surface area (Å²) in [7, 11) is 0. The van der Waals surface area contributed by atoms with E-state index in [0.29, 0.717) is 33.6 Å². The third-order valence-corrected chi connectivity index (χ3v) is 8.64. The minimum Gasteiger partial charge on any atom is -0.503 e. The first-order valence-electron chi connectivity index (χ1n) is 12.1. The third kappa shape index (κ3) is 3.86. The molecule has 0 aliphatic carbocycles. The van der Waals surface area contributed by atoms with Crippen molar-refractivity contribution in [2.45, 2.75) is 26.8 Å². The quantitative estimate of drug-likeness (QED) is 0.240. The summed E-state index contributed by atoms with van der Waals surface area (Å²) in [4.78, 5) is 38.7. The number of carbonyl (C=O) groups is 2. The van der Waals surface area contributed by atoms with Gasteiger partial charge in [0.05, 0.1) is 44.0 Å². The van der Waals surface area contributed by atoms with Crippen molar-refractivity contribution in [3.05, 3.63) is 93.1 Å². The van der Waals surface area contributed by atoms with Gasteiger partial charge in [0.25, 0.3) is 5.91 Å². The second-order valence-corrected chi connectivity index (χ2v) is 11.2. The predicted molar refractivity (Wildman–Crippen MR) is 151 cm³/mol. The fourth-order valence-corrected chi connectivity index (χ4v) is 6.83. The van der Waals surface area contributed by atoms with Crippen molar-refractivity contribution in [1.29, 1.82) is 0 Å². The highest BCUT2D eigenvalue weighted by molar-refractivity contribution is 7.22. The zero-order valence-electron chi connectivity index (χ0n) is 20.9. The summed E-state index contributed by atoms with van der Waals surface area (Å²) in [5.74, 6) is -0.914. The second-order valence-electron chi connectivity index (χ2n) is 8.94. The second kappa shape index (κ2) is 9.34. The average molecular weight is 542 g/mol. The van der Waals surface area contributed by atoms with Crippen LogP contribution >= 0.6 is 22.7 Å². The molecule has 0 radical (unpaired) electrons. The number of aromatic nitrogens is 2. The molecule has 1 unspecified atom stereocenters. The summed E-state index contributed by atoms with van der Waals surface area (Å²) < 4.78 is 6.47. The Balaban J connectivity index is 1.56. The van der Waals surface area contributed by atoms with Crippen LogP contribution in [0.1, 0.15) is 38.9 Å². The standard InChI is InChI=1S/C29H23N3O4S2/c1-4-36-18-12-13-21-22(14-18)38-29(31-21)32-24(20-11-7-9-17-8-5-6-10-19(17)20)23(26(34)28(32)35)25(33)27-15(2)30-16(3)37-27/h5-14,24,34H,4H2,1-3H3. The monoisotopic (exact) mass is 541 g/mol. The molecule has 1 N–H and O–H groups in total. The van der Waals surface area contributed by atoms with Crippen molar-refractivity contribution in [3.63, 3.8) is 0 Å². The molecule has 1 amide bonds. The maximum Gasteiger partial charge on any atom is 0.296 e. The lowest BCUT2D eigenvalue weighted by Crippen LogP contribution is -2.31. The SMILES string of the molecule is CCOc1ccc2nc(N3C(=O)C(O)=C(C(=O)c4sc(C)nc4C)C3c3cccc4ccccc34)sc2c1. The molecule has 0 saturated heterocycles. The topological polar surface area (TPSA) is 92.6 Å². The van der Waals surface area contributed by atoms with Crippen LogP contribution in [0.2, 0.25) is 0 Å². The van der Waals surface area contributed by atoms with Gasteiger partial charge >= 0.3 is 0 Å². The van der Waals surface area contributed by atoms with Gasteiger partial charge in [0.1, 0.15) is 5.75 Å². The van der Waals surface area contributed by atoms with Crippen molar-refractivity contribution >= 4 is 60.5 Å². The van der Waals surface area contributed by atoms with Gasteiger partial charge in [0.2, 0.25) is 5.78 Å². The minimum absolute atomic E-state index is 0.0346. The largest absolute Gasteiger partial charge is 0.503 e. The average Bonchev–Trinajstić information content (AvgIpc) is 3.56. The molecule has 7 nitrogen and oxygen atoms in total. The highest BCUT2D eigenvalue weighted by Gasteiger charge is 2.47. The number of benzene rings is 3. The molecule has 38 heavy (non-hydrogen) atoms. The van der Waals surface area contributed by atoms with Crippen molar-refractivity contribution in [3.8, 4) is 5.75 Å². The molecule has 5 aromatic rings. The van der Waals surface area contributed by atoms with Crippen molar-refractivity contribution in [1.82, 2.24) is 9.97 Å². The number of rotatable bonds is 6. The van der Waals surface area contributed by atoms with Gasteiger partial charge in [-0.25, -0.2) is 9.97 Å². The first-order chi connectivity index (χ1) is 18.4. The van der Waals surface area contributed by atoms with Gasteiger partial charge in [-0.1, -0.05) is 53.8 Å². The number of thiazole rings is 2. The summed E-state index contributed by atoms with van der Waals surface area (Å²) in [6.07, 6.45) is 0. The van der Waals surface area contributed by atoms with Crippen LogP contribution in [0.15, 0.2) is 72.0 Å². The van der Waals surface area contributed by atoms with Crippen molar-refractivity contribution in [2.75, 3.05) is 11.5 Å². The fraction of sp³-hybridized carbons (Fsp3) is 0.172. The summed E-state index contributed by atoms with van der Waals surface area (Å²) in [5, 5.41) is 14.2. The molecule has 6 rings (SSSR count). The van der Waals surface area contributed by atoms with E-state index in [4.69, 9.17) is 9.72 Å². The Bertz CT molecular complexity index is 1780. The third-order valence-electron chi connectivity index (χ3n) is 6.55. The number of nitrogens with zero attached hydrogens (tertiary/aromatic N) is 3. The van der Waals surface area contributed by atoms with E-state index in [2.05, 4.69) is 4.98 Å². The first kappa shape index (κ1) is 24.3. The van der Waals surface area contributed by atoms with Gasteiger partial charge in [-0.2, -0.15) is 0 Å². The molecule has 3 aromatic carbocycles. The van der Waals surface area contributed by atoms with Crippen LogP contribution in [0.25, 0.3) is 21.0 Å². The van der Waals surface area contributed by atoms with Gasteiger partial charge in [-0.15, -0.1) is 11.3 Å². The summed E-state index contributed by atoms with van der Waals surface area (Å²) in [6.45, 7) is 6.04. The van der Waals surface area contributed by atoms with E-state index in [0.717, 1.165) is 26.0 Å². The van der Waals surface area contributed by atoms with Crippen LogP contribution in [-0.4, -0.2) is 33.4 Å². The van der Waals surface area contributed by atoms with Crippen molar-refractivity contribution in [2.24, 2.45) is 0 Å². The number of aryl methyl sites for hydroxylation is 2. The van der Waals surface area contributed by atoms with Gasteiger partial charge in [-0.05, 0) is 55.3 Å². The van der Waals surface area contributed by atoms with E-state index in [1.54, 1.807) is 6.92 Å². The number of carbonyl (C=O) groups excluding carboxylic acids is 2. The highest BCUT2D eigenvalue weighted by Crippen LogP contribution is 2.46. The molecule has 1 aliphatic rings. The summed E-state index contributed by atoms with van der Waals surface area (Å²) in [6, 6.07) is 18.3.